The molecule has 0 aliphatic heterocycles. The number of nitrogens with one attached hydrogen (secondary N) is 2. The van der Waals surface area contributed by atoms with Crippen LogP contribution in [0.1, 0.15) is 37.4 Å². The number of carbonyl (C=O) groups is 2. The van der Waals surface area contributed by atoms with Crippen molar-refractivity contribution >= 4 is 12.2 Å². The molecule has 0 saturated carbocycles. The van der Waals surface area contributed by atoms with Crippen LogP contribution in [0.15, 0.2) is 60.7 Å². The Balaban J connectivity index is 2.25. The minimum Gasteiger partial charge on any atom is -0.450 e. The third-order valence-electron chi connectivity index (χ3n) is 3.53. The molecule has 27 heavy (non-hydrogen) atoms. The molecule has 0 fully saturated rings. The van der Waals surface area contributed by atoms with Gasteiger partial charge in [0, 0.05) is 11.1 Å². The average molecular weight is 372 g/mol. The monoisotopic (exact) mass is 372 g/mol. The van der Waals surface area contributed by atoms with Crippen molar-refractivity contribution in [1.82, 2.24) is 10.6 Å². The smallest absolute Gasteiger partial charge is 0.409 e. The van der Waals surface area contributed by atoms with Crippen molar-refractivity contribution in [3.63, 3.8) is 0 Å². The first-order valence-electron chi connectivity index (χ1n) is 8.76. The summed E-state index contributed by atoms with van der Waals surface area (Å²) in [5.41, 5.74) is 1.41. The van der Waals surface area contributed by atoms with Gasteiger partial charge in [0.05, 0.1) is 13.2 Å². The van der Waals surface area contributed by atoms with Crippen LogP contribution < -0.4 is 10.6 Å². The zero-order valence-electron chi connectivity index (χ0n) is 15.4. The molecule has 2 unspecified atom stereocenters. The van der Waals surface area contributed by atoms with E-state index in [1.165, 1.54) is 0 Å². The lowest BCUT2D eigenvalue weighted by molar-refractivity contribution is -0.0473. The van der Waals surface area contributed by atoms with Crippen LogP contribution in [-0.2, 0) is 14.2 Å². The Labute approximate surface area is 158 Å². The van der Waals surface area contributed by atoms with Gasteiger partial charge in [-0.3, -0.25) is 10.6 Å². The first kappa shape index (κ1) is 20.3. The van der Waals surface area contributed by atoms with E-state index in [-0.39, 0.29) is 13.2 Å². The molecule has 2 aromatic carbocycles. The second-order valence-electron chi connectivity index (χ2n) is 5.45. The largest absolute Gasteiger partial charge is 0.450 e. The summed E-state index contributed by atoms with van der Waals surface area (Å²) in [4.78, 5) is 23.9. The van der Waals surface area contributed by atoms with Crippen LogP contribution in [0.5, 0.6) is 0 Å². The van der Waals surface area contributed by atoms with E-state index in [9.17, 15) is 9.59 Å². The van der Waals surface area contributed by atoms with Gasteiger partial charge in [0.25, 0.3) is 0 Å². The predicted molar refractivity (Wildman–Crippen MR) is 99.8 cm³/mol. The Kier molecular flexibility index (Phi) is 8.12. The molecular formula is C20H24N2O5. The first-order chi connectivity index (χ1) is 13.1. The molecule has 2 rings (SSSR count). The fourth-order valence-electron chi connectivity index (χ4n) is 2.34. The molecule has 0 heterocycles. The van der Waals surface area contributed by atoms with Crippen LogP contribution in [0.4, 0.5) is 9.59 Å². The maximum absolute atomic E-state index is 11.9. The Bertz CT molecular complexity index is 647. The van der Waals surface area contributed by atoms with Crippen molar-refractivity contribution in [2.24, 2.45) is 0 Å². The van der Waals surface area contributed by atoms with E-state index in [1.54, 1.807) is 13.8 Å². The van der Waals surface area contributed by atoms with Gasteiger partial charge < -0.3 is 14.2 Å². The van der Waals surface area contributed by atoms with E-state index in [4.69, 9.17) is 14.2 Å². The van der Waals surface area contributed by atoms with Gasteiger partial charge in [-0.05, 0) is 13.8 Å². The lowest BCUT2D eigenvalue weighted by Gasteiger charge is -2.26. The van der Waals surface area contributed by atoms with Gasteiger partial charge in [0.2, 0.25) is 0 Å². The highest BCUT2D eigenvalue weighted by Crippen LogP contribution is 2.24. The van der Waals surface area contributed by atoms with Gasteiger partial charge in [-0.2, -0.15) is 0 Å². The van der Waals surface area contributed by atoms with Crippen molar-refractivity contribution < 1.29 is 23.8 Å². The summed E-state index contributed by atoms with van der Waals surface area (Å²) in [5.74, 6) is 0. The molecule has 2 N–H and O–H groups in total. The number of benzene rings is 2. The standard InChI is InChI=1S/C20H24N2O5/c1-3-25-19(23)21-17(15-11-7-5-8-12-15)27-18(22-20(24)26-4-2)16-13-9-6-10-14-16/h5-14,17-18H,3-4H2,1-2H3,(H,21,23)(H,22,24). The maximum Gasteiger partial charge on any atom is 0.409 e. The molecule has 144 valence electrons. The average Bonchev–Trinajstić information content (AvgIpc) is 2.68. The molecule has 0 bridgehead atoms. The Hall–Kier alpha value is -3.06. The molecule has 0 spiro atoms. The molecule has 7 nitrogen and oxygen atoms in total. The molecule has 2 aromatic rings. The summed E-state index contributed by atoms with van der Waals surface area (Å²) in [6.07, 6.45) is -2.90. The molecule has 0 aliphatic carbocycles. The zero-order chi connectivity index (χ0) is 19.5. The van der Waals surface area contributed by atoms with E-state index in [2.05, 4.69) is 10.6 Å². The molecule has 2 amide bonds. The predicted octanol–water partition coefficient (Wildman–Crippen LogP) is 3.89. The zero-order valence-corrected chi connectivity index (χ0v) is 15.4. The summed E-state index contributed by atoms with van der Waals surface area (Å²) in [6, 6.07) is 18.3. The highest BCUT2D eigenvalue weighted by atomic mass is 16.6. The third kappa shape index (κ3) is 6.63. The van der Waals surface area contributed by atoms with Gasteiger partial charge in [-0.1, -0.05) is 60.7 Å². The molecular weight excluding hydrogens is 348 g/mol. The Morgan fingerprint density at radius 3 is 1.44 bits per heavy atom. The summed E-state index contributed by atoms with van der Waals surface area (Å²) in [5, 5.41) is 5.33. The van der Waals surface area contributed by atoms with E-state index >= 15 is 0 Å². The highest BCUT2D eigenvalue weighted by Gasteiger charge is 2.24. The maximum atomic E-state index is 11.9. The highest BCUT2D eigenvalue weighted by molar-refractivity contribution is 5.68. The first-order valence-corrected chi connectivity index (χ1v) is 8.76. The van der Waals surface area contributed by atoms with Gasteiger partial charge in [-0.25, -0.2) is 9.59 Å². The summed E-state index contributed by atoms with van der Waals surface area (Å²) in [7, 11) is 0. The number of ether oxygens (including phenoxy) is 3. The van der Waals surface area contributed by atoms with Gasteiger partial charge >= 0.3 is 12.2 Å². The summed E-state index contributed by atoms with van der Waals surface area (Å²) < 4.78 is 16.0. The molecule has 0 saturated heterocycles. The molecule has 0 aliphatic rings. The number of carbonyl (C=O) groups excluding carboxylic acids is 2. The molecule has 0 aromatic heterocycles. The summed E-state index contributed by atoms with van der Waals surface area (Å²) >= 11 is 0. The third-order valence-corrected chi connectivity index (χ3v) is 3.53. The number of hydrogen-bond donors (Lipinski definition) is 2. The van der Waals surface area contributed by atoms with Gasteiger partial charge in [-0.15, -0.1) is 0 Å². The van der Waals surface area contributed by atoms with Gasteiger partial charge in [0.15, 0.2) is 12.5 Å². The fraction of sp³-hybridized carbons (Fsp3) is 0.300. The number of alkyl carbamates (subject to hydrolysis) is 2. The van der Waals surface area contributed by atoms with Crippen LogP contribution in [0.3, 0.4) is 0 Å². The van der Waals surface area contributed by atoms with Crippen LogP contribution in [0.25, 0.3) is 0 Å². The van der Waals surface area contributed by atoms with E-state index in [0.717, 1.165) is 0 Å². The second-order valence-corrected chi connectivity index (χ2v) is 5.45. The Morgan fingerprint density at radius 2 is 1.11 bits per heavy atom. The van der Waals surface area contributed by atoms with E-state index in [0.29, 0.717) is 11.1 Å². The van der Waals surface area contributed by atoms with Crippen molar-refractivity contribution in [2.45, 2.75) is 26.3 Å². The lowest BCUT2D eigenvalue weighted by Crippen LogP contribution is -2.37. The van der Waals surface area contributed by atoms with Crippen LogP contribution in [-0.4, -0.2) is 25.4 Å². The molecule has 0 radical (unpaired) electrons. The van der Waals surface area contributed by atoms with Crippen LogP contribution in [0, 0.1) is 0 Å². The second kappa shape index (κ2) is 10.8. The quantitative estimate of drug-likeness (QED) is 0.687. The van der Waals surface area contributed by atoms with E-state index < -0.39 is 24.6 Å². The van der Waals surface area contributed by atoms with Crippen LogP contribution in [0.2, 0.25) is 0 Å². The number of rotatable bonds is 8. The van der Waals surface area contributed by atoms with Gasteiger partial charge in [0.1, 0.15) is 0 Å². The topological polar surface area (TPSA) is 85.9 Å². The fourth-order valence-corrected chi connectivity index (χ4v) is 2.34. The number of amides is 2. The van der Waals surface area contributed by atoms with E-state index in [1.807, 2.05) is 60.7 Å². The lowest BCUT2D eigenvalue weighted by atomic mass is 10.1. The minimum atomic E-state index is -0.836. The van der Waals surface area contributed by atoms with Crippen molar-refractivity contribution in [1.29, 1.82) is 0 Å². The normalized spacial score (nSPS) is 12.5. The Morgan fingerprint density at radius 1 is 0.741 bits per heavy atom. The SMILES string of the molecule is CCOC(=O)NC(OC(NC(=O)OCC)c1ccccc1)c1ccccc1. The minimum absolute atomic E-state index is 0.233. The molecule has 2 atom stereocenters. The molecule has 7 heteroatoms. The van der Waals surface area contributed by atoms with Crippen molar-refractivity contribution in [2.75, 3.05) is 13.2 Å². The van der Waals surface area contributed by atoms with Crippen molar-refractivity contribution in [3.8, 4) is 0 Å². The van der Waals surface area contributed by atoms with Crippen molar-refractivity contribution in [3.05, 3.63) is 71.8 Å². The van der Waals surface area contributed by atoms with Crippen LogP contribution >= 0.6 is 0 Å². The number of hydrogen-bond acceptors (Lipinski definition) is 5. The summed E-state index contributed by atoms with van der Waals surface area (Å²) in [6.45, 7) is 3.90.